The van der Waals surface area contributed by atoms with Gasteiger partial charge in [0.05, 0.1) is 22.9 Å². The first kappa shape index (κ1) is 16.1. The number of amides is 1. The van der Waals surface area contributed by atoms with Gasteiger partial charge in [0.25, 0.3) is 5.91 Å². The van der Waals surface area contributed by atoms with Crippen molar-refractivity contribution < 1.29 is 9.18 Å². The molecule has 3 aromatic rings. The minimum atomic E-state index is -0.698. The number of carbonyl (C=O) groups excluding carboxylic acids is 1. The van der Waals surface area contributed by atoms with E-state index in [9.17, 15) is 9.18 Å². The number of hydrogen-bond acceptors (Lipinski definition) is 4. The van der Waals surface area contributed by atoms with Crippen molar-refractivity contribution in [1.82, 2.24) is 19.7 Å². The predicted molar refractivity (Wildman–Crippen MR) is 87.5 cm³/mol. The van der Waals surface area contributed by atoms with Crippen LogP contribution in [0.4, 0.5) is 10.1 Å². The summed E-state index contributed by atoms with van der Waals surface area (Å²) in [6.45, 7) is 2.33. The largest absolute Gasteiger partial charge is 0.317 e. The molecule has 0 fully saturated rings. The first-order chi connectivity index (χ1) is 11.5. The molecule has 1 N–H and O–H groups in total. The Hall–Kier alpha value is -2.80. The zero-order valence-corrected chi connectivity index (χ0v) is 13.5. The maximum Gasteiger partial charge on any atom is 0.295 e. The quantitative estimate of drug-likeness (QED) is 0.788. The van der Waals surface area contributed by atoms with Crippen LogP contribution in [0, 0.1) is 12.7 Å². The van der Waals surface area contributed by atoms with Crippen molar-refractivity contribution in [3.63, 3.8) is 0 Å². The molecule has 24 heavy (non-hydrogen) atoms. The Morgan fingerprint density at radius 1 is 1.29 bits per heavy atom. The fourth-order valence-electron chi connectivity index (χ4n) is 2.01. The fourth-order valence-corrected chi connectivity index (χ4v) is 2.19. The van der Waals surface area contributed by atoms with E-state index < -0.39 is 11.7 Å². The van der Waals surface area contributed by atoms with Crippen molar-refractivity contribution >= 4 is 23.2 Å². The van der Waals surface area contributed by atoms with Crippen LogP contribution < -0.4 is 5.32 Å². The monoisotopic (exact) mass is 345 g/mol. The van der Waals surface area contributed by atoms with Gasteiger partial charge in [0.15, 0.2) is 5.82 Å². The molecule has 1 aromatic carbocycles. The minimum absolute atomic E-state index is 0.0240. The summed E-state index contributed by atoms with van der Waals surface area (Å²) < 4.78 is 15.3. The molecule has 6 nitrogen and oxygen atoms in total. The highest BCUT2D eigenvalue weighted by Crippen LogP contribution is 2.22. The van der Waals surface area contributed by atoms with E-state index in [1.807, 2.05) is 19.1 Å². The standard InChI is InChI=1S/C16H13ClFN5O/c1-10-5-6-11(19-7-10)8-23-9-20-15(22-23)16(24)21-13-4-2-3-12(17)14(13)18/h2-7,9H,8H2,1H3,(H,21,24). The van der Waals surface area contributed by atoms with E-state index in [0.717, 1.165) is 11.3 Å². The summed E-state index contributed by atoms with van der Waals surface area (Å²) in [6.07, 6.45) is 3.17. The summed E-state index contributed by atoms with van der Waals surface area (Å²) >= 11 is 5.68. The number of benzene rings is 1. The molecule has 0 aliphatic carbocycles. The summed E-state index contributed by atoms with van der Waals surface area (Å²) in [5, 5.41) is 6.40. The molecule has 8 heteroatoms. The highest BCUT2D eigenvalue weighted by Gasteiger charge is 2.15. The Bertz CT molecular complexity index is 878. The highest BCUT2D eigenvalue weighted by atomic mass is 35.5. The molecule has 3 rings (SSSR count). The summed E-state index contributed by atoms with van der Waals surface area (Å²) in [5.74, 6) is -1.39. The van der Waals surface area contributed by atoms with Crippen LogP contribution in [-0.2, 0) is 6.54 Å². The van der Waals surface area contributed by atoms with Gasteiger partial charge in [0.2, 0.25) is 5.82 Å². The highest BCUT2D eigenvalue weighted by molar-refractivity contribution is 6.31. The Kier molecular flexibility index (Phi) is 4.52. The van der Waals surface area contributed by atoms with E-state index in [0.29, 0.717) is 6.54 Å². The van der Waals surface area contributed by atoms with Crippen molar-refractivity contribution in [2.75, 3.05) is 5.32 Å². The van der Waals surface area contributed by atoms with Gasteiger partial charge in [0.1, 0.15) is 6.33 Å². The van der Waals surface area contributed by atoms with Crippen molar-refractivity contribution in [2.24, 2.45) is 0 Å². The van der Waals surface area contributed by atoms with Gasteiger partial charge in [-0.3, -0.25) is 9.78 Å². The van der Waals surface area contributed by atoms with E-state index in [2.05, 4.69) is 20.4 Å². The van der Waals surface area contributed by atoms with Gasteiger partial charge < -0.3 is 5.32 Å². The van der Waals surface area contributed by atoms with Crippen molar-refractivity contribution in [3.8, 4) is 0 Å². The number of nitrogens with zero attached hydrogens (tertiary/aromatic N) is 4. The van der Waals surface area contributed by atoms with Gasteiger partial charge >= 0.3 is 0 Å². The number of halogens is 2. The Morgan fingerprint density at radius 3 is 2.88 bits per heavy atom. The lowest BCUT2D eigenvalue weighted by atomic mass is 10.3. The molecular formula is C16H13ClFN5O. The number of aromatic nitrogens is 4. The Balaban J connectivity index is 1.71. The van der Waals surface area contributed by atoms with Gasteiger partial charge in [0, 0.05) is 6.20 Å². The van der Waals surface area contributed by atoms with Crippen LogP contribution in [-0.4, -0.2) is 25.7 Å². The van der Waals surface area contributed by atoms with Crippen molar-refractivity contribution in [3.05, 3.63) is 70.8 Å². The third-order valence-corrected chi connectivity index (χ3v) is 3.53. The third kappa shape index (κ3) is 3.57. The Morgan fingerprint density at radius 2 is 2.12 bits per heavy atom. The smallest absolute Gasteiger partial charge is 0.295 e. The van der Waals surface area contributed by atoms with Crippen LogP contribution in [0.5, 0.6) is 0 Å². The number of hydrogen-bond donors (Lipinski definition) is 1. The second kappa shape index (κ2) is 6.76. The van der Waals surface area contributed by atoms with Crippen LogP contribution in [0.3, 0.4) is 0 Å². The minimum Gasteiger partial charge on any atom is -0.317 e. The van der Waals surface area contributed by atoms with Gasteiger partial charge in [-0.05, 0) is 30.7 Å². The summed E-state index contributed by atoms with van der Waals surface area (Å²) in [4.78, 5) is 20.3. The number of aryl methyl sites for hydroxylation is 1. The van der Waals surface area contributed by atoms with E-state index in [4.69, 9.17) is 11.6 Å². The van der Waals surface area contributed by atoms with Gasteiger partial charge in [-0.1, -0.05) is 23.7 Å². The molecule has 0 saturated heterocycles. The number of carbonyl (C=O) groups is 1. The molecule has 122 valence electrons. The normalized spacial score (nSPS) is 10.6. The molecule has 0 unspecified atom stereocenters. The van der Waals surface area contributed by atoms with Crippen LogP contribution in [0.25, 0.3) is 0 Å². The average molecular weight is 346 g/mol. The predicted octanol–water partition coefficient (Wildman–Crippen LogP) is 3.07. The van der Waals surface area contributed by atoms with E-state index in [1.165, 1.54) is 29.2 Å². The van der Waals surface area contributed by atoms with Crippen LogP contribution in [0.1, 0.15) is 21.9 Å². The molecule has 0 aliphatic rings. The lowest BCUT2D eigenvalue weighted by molar-refractivity contribution is 0.101. The fraction of sp³-hybridized carbons (Fsp3) is 0.125. The number of rotatable bonds is 4. The average Bonchev–Trinajstić information content (AvgIpc) is 3.03. The number of anilines is 1. The van der Waals surface area contributed by atoms with Gasteiger partial charge in [-0.25, -0.2) is 14.1 Å². The maximum atomic E-state index is 13.8. The van der Waals surface area contributed by atoms with Crippen LogP contribution in [0.2, 0.25) is 5.02 Å². The number of nitrogens with one attached hydrogen (secondary N) is 1. The second-order valence-corrected chi connectivity index (χ2v) is 5.56. The van der Waals surface area contributed by atoms with Crippen LogP contribution >= 0.6 is 11.6 Å². The molecule has 0 saturated carbocycles. The third-order valence-electron chi connectivity index (χ3n) is 3.24. The molecule has 2 heterocycles. The molecule has 0 spiro atoms. The van der Waals surface area contributed by atoms with E-state index in [1.54, 1.807) is 6.20 Å². The molecule has 2 aromatic heterocycles. The van der Waals surface area contributed by atoms with Crippen molar-refractivity contribution in [2.45, 2.75) is 13.5 Å². The molecule has 1 amide bonds. The lowest BCUT2D eigenvalue weighted by Gasteiger charge is -2.05. The molecule has 0 atom stereocenters. The van der Waals surface area contributed by atoms with Crippen molar-refractivity contribution in [1.29, 1.82) is 0 Å². The maximum absolute atomic E-state index is 13.8. The van der Waals surface area contributed by atoms with Gasteiger partial charge in [-0.2, -0.15) is 0 Å². The SMILES string of the molecule is Cc1ccc(Cn2cnc(C(=O)Nc3cccc(Cl)c3F)n2)nc1. The first-order valence-electron chi connectivity index (χ1n) is 7.09. The number of pyridine rings is 1. The molecule has 0 bridgehead atoms. The molecular weight excluding hydrogens is 333 g/mol. The summed E-state index contributed by atoms with van der Waals surface area (Å²) in [7, 11) is 0. The molecule has 0 radical (unpaired) electrons. The van der Waals surface area contributed by atoms with Crippen LogP contribution in [0.15, 0.2) is 42.9 Å². The van der Waals surface area contributed by atoms with E-state index >= 15 is 0 Å². The van der Waals surface area contributed by atoms with E-state index in [-0.39, 0.29) is 16.5 Å². The lowest BCUT2D eigenvalue weighted by Crippen LogP contribution is -2.15. The summed E-state index contributed by atoms with van der Waals surface area (Å²) in [5.41, 5.74) is 1.82. The zero-order valence-electron chi connectivity index (χ0n) is 12.7. The summed E-state index contributed by atoms with van der Waals surface area (Å²) in [6, 6.07) is 8.16. The zero-order chi connectivity index (χ0) is 17.1. The molecule has 0 aliphatic heterocycles. The first-order valence-corrected chi connectivity index (χ1v) is 7.47. The topological polar surface area (TPSA) is 72.7 Å². The Labute approximate surface area is 142 Å². The second-order valence-electron chi connectivity index (χ2n) is 5.15. The van der Waals surface area contributed by atoms with Gasteiger partial charge in [-0.15, -0.1) is 5.10 Å².